The van der Waals surface area contributed by atoms with Crippen molar-refractivity contribution in [3.05, 3.63) is 77.6 Å². The second-order valence-electron chi connectivity index (χ2n) is 6.63. The maximum atomic E-state index is 11.6. The van der Waals surface area contributed by atoms with Crippen molar-refractivity contribution in [2.75, 3.05) is 11.1 Å². The van der Waals surface area contributed by atoms with Crippen molar-refractivity contribution in [3.63, 3.8) is 0 Å². The minimum Gasteiger partial charge on any atom is -0.548 e. The minimum absolute atomic E-state index is 0. The van der Waals surface area contributed by atoms with Crippen molar-refractivity contribution in [2.24, 2.45) is 0 Å². The van der Waals surface area contributed by atoms with Crippen molar-refractivity contribution < 1.29 is 44.6 Å². The molecular weight excluding hydrogens is 409 g/mol. The Balaban J connectivity index is 0.00000320. The van der Waals surface area contributed by atoms with Gasteiger partial charge in [0.2, 0.25) is 0 Å². The molecule has 6 nitrogen and oxygen atoms in total. The molecule has 0 saturated carbocycles. The Morgan fingerprint density at radius 1 is 1.20 bits per heavy atom. The Bertz CT molecular complexity index is 933. The first-order valence-electron chi connectivity index (χ1n) is 9.51. The molecule has 0 bridgehead atoms. The maximum absolute atomic E-state index is 11.6. The fourth-order valence-corrected chi connectivity index (χ4v) is 3.83. The minimum atomic E-state index is -1.18. The molecular formula is C22H24N3NaO3S. The van der Waals surface area contributed by atoms with Gasteiger partial charge in [-0.25, -0.2) is 4.98 Å². The molecule has 0 radical (unpaired) electrons. The van der Waals surface area contributed by atoms with Gasteiger partial charge in [-0.05, 0) is 29.7 Å². The van der Waals surface area contributed by atoms with Gasteiger partial charge >= 0.3 is 29.6 Å². The van der Waals surface area contributed by atoms with E-state index in [1.165, 1.54) is 0 Å². The van der Waals surface area contributed by atoms with Crippen LogP contribution in [0.3, 0.4) is 0 Å². The van der Waals surface area contributed by atoms with Crippen LogP contribution in [-0.4, -0.2) is 26.4 Å². The first kappa shape index (κ1) is 24.5. The molecule has 0 aliphatic heterocycles. The third kappa shape index (κ3) is 6.36. The number of carbonyl (C=O) groups is 1. The third-order valence-corrected chi connectivity index (χ3v) is 5.67. The Hall–Kier alpha value is -1.77. The number of benzene rings is 2. The fourth-order valence-electron chi connectivity index (χ4n) is 2.98. The molecule has 0 fully saturated rings. The van der Waals surface area contributed by atoms with Crippen LogP contribution in [0.5, 0.6) is 0 Å². The molecule has 152 valence electrons. The largest absolute Gasteiger partial charge is 1.00 e. The number of carbonyl (C=O) groups excluding carboxylic acids is 1. The summed E-state index contributed by atoms with van der Waals surface area (Å²) < 4.78 is 2.01. The van der Waals surface area contributed by atoms with Gasteiger partial charge in [0, 0.05) is 18.0 Å². The van der Waals surface area contributed by atoms with E-state index in [2.05, 4.69) is 17.2 Å². The van der Waals surface area contributed by atoms with Crippen LogP contribution in [-0.2, 0) is 17.9 Å². The zero-order valence-electron chi connectivity index (χ0n) is 17.2. The van der Waals surface area contributed by atoms with E-state index in [-0.39, 0.29) is 36.2 Å². The van der Waals surface area contributed by atoms with Gasteiger partial charge in [0.25, 0.3) is 0 Å². The van der Waals surface area contributed by atoms with E-state index < -0.39 is 12.0 Å². The summed E-state index contributed by atoms with van der Waals surface area (Å²) >= 11 is 1.67. The quantitative estimate of drug-likeness (QED) is 0.341. The SMILES string of the molecule is CCCSc1ncc(CO)n1Cc1ccc(NC(C(=O)[O-])c2ccccc2)cc1.[Na+]. The maximum Gasteiger partial charge on any atom is 1.00 e. The predicted molar refractivity (Wildman–Crippen MR) is 113 cm³/mol. The Morgan fingerprint density at radius 3 is 2.50 bits per heavy atom. The number of nitrogens with one attached hydrogen (secondary N) is 1. The summed E-state index contributed by atoms with van der Waals surface area (Å²) in [5.74, 6) is -0.210. The van der Waals surface area contributed by atoms with Crippen molar-refractivity contribution in [2.45, 2.75) is 37.7 Å². The van der Waals surface area contributed by atoms with E-state index in [4.69, 9.17) is 0 Å². The summed E-state index contributed by atoms with van der Waals surface area (Å²) in [4.78, 5) is 16.0. The second kappa shape index (κ2) is 12.2. The van der Waals surface area contributed by atoms with Crippen LogP contribution in [0.4, 0.5) is 5.69 Å². The van der Waals surface area contributed by atoms with Crippen LogP contribution in [0.2, 0.25) is 0 Å². The van der Waals surface area contributed by atoms with Crippen molar-refractivity contribution in [1.29, 1.82) is 0 Å². The molecule has 1 atom stereocenters. The molecule has 1 unspecified atom stereocenters. The van der Waals surface area contributed by atoms with E-state index in [0.717, 1.165) is 28.6 Å². The number of rotatable bonds is 10. The number of hydrogen-bond acceptors (Lipinski definition) is 6. The molecule has 2 aromatic carbocycles. The van der Waals surface area contributed by atoms with E-state index >= 15 is 0 Å². The zero-order chi connectivity index (χ0) is 20.6. The van der Waals surface area contributed by atoms with Crippen LogP contribution in [0.15, 0.2) is 66.0 Å². The number of anilines is 1. The standard InChI is InChI=1S/C22H25N3O3S.Na/c1-2-12-29-22-23-13-19(15-26)25(22)14-16-8-10-18(11-9-16)24-20(21(27)28)17-6-4-3-5-7-17;/h3-11,13,20,24,26H,2,12,14-15H2,1H3,(H,27,28);/q;+1/p-1. The number of imidazole rings is 1. The molecule has 8 heteroatoms. The number of aliphatic hydroxyl groups excluding tert-OH is 1. The molecule has 0 aliphatic rings. The number of aromatic nitrogens is 2. The summed E-state index contributed by atoms with van der Waals surface area (Å²) in [7, 11) is 0. The van der Waals surface area contributed by atoms with E-state index in [0.29, 0.717) is 17.8 Å². The predicted octanol–water partition coefficient (Wildman–Crippen LogP) is -0.167. The average molecular weight is 434 g/mol. The van der Waals surface area contributed by atoms with Gasteiger partial charge in [0.15, 0.2) is 5.16 Å². The third-order valence-electron chi connectivity index (χ3n) is 4.47. The topological polar surface area (TPSA) is 90.2 Å². The Morgan fingerprint density at radius 2 is 1.90 bits per heavy atom. The van der Waals surface area contributed by atoms with E-state index in [1.54, 1.807) is 42.2 Å². The first-order valence-corrected chi connectivity index (χ1v) is 10.5. The van der Waals surface area contributed by atoms with Gasteiger partial charge in [-0.1, -0.05) is 61.2 Å². The Labute approximate surface area is 203 Å². The van der Waals surface area contributed by atoms with Crippen molar-refractivity contribution >= 4 is 23.4 Å². The summed E-state index contributed by atoms with van der Waals surface area (Å²) in [6, 6.07) is 15.6. The molecule has 0 amide bonds. The number of carboxylic acids is 1. The average Bonchev–Trinajstić information content (AvgIpc) is 3.13. The summed E-state index contributed by atoms with van der Waals surface area (Å²) in [6.07, 6.45) is 2.76. The molecule has 0 spiro atoms. The number of carboxylic acid groups (broad SMARTS) is 1. The van der Waals surface area contributed by atoms with Crippen molar-refractivity contribution in [3.8, 4) is 0 Å². The molecule has 3 aromatic rings. The molecule has 2 N–H and O–H groups in total. The smallest absolute Gasteiger partial charge is 0.548 e. The normalized spacial score (nSPS) is 11.5. The summed E-state index contributed by atoms with van der Waals surface area (Å²) in [5, 5.41) is 25.1. The molecule has 1 aromatic heterocycles. The molecule has 30 heavy (non-hydrogen) atoms. The van der Waals surface area contributed by atoms with Crippen LogP contribution >= 0.6 is 11.8 Å². The van der Waals surface area contributed by atoms with E-state index in [1.807, 2.05) is 34.9 Å². The monoisotopic (exact) mass is 433 g/mol. The number of hydrogen-bond donors (Lipinski definition) is 2. The van der Waals surface area contributed by atoms with E-state index in [9.17, 15) is 15.0 Å². The summed E-state index contributed by atoms with van der Waals surface area (Å²) in [6.45, 7) is 2.64. The molecule has 0 saturated heterocycles. The van der Waals surface area contributed by atoms with Crippen molar-refractivity contribution in [1.82, 2.24) is 9.55 Å². The first-order chi connectivity index (χ1) is 14.1. The fraction of sp³-hybridized carbons (Fsp3) is 0.273. The Kier molecular flexibility index (Phi) is 9.94. The van der Waals surface area contributed by atoms with Gasteiger partial charge < -0.3 is 24.9 Å². The van der Waals surface area contributed by atoms with Crippen LogP contribution in [0, 0.1) is 0 Å². The summed E-state index contributed by atoms with van der Waals surface area (Å²) in [5.41, 5.74) is 3.14. The number of aliphatic carboxylic acids is 1. The van der Waals surface area contributed by atoms with Crippen LogP contribution in [0.25, 0.3) is 0 Å². The number of aliphatic hydroxyl groups is 1. The number of thioether (sulfide) groups is 1. The van der Waals surface area contributed by atoms with Gasteiger partial charge in [-0.2, -0.15) is 0 Å². The van der Waals surface area contributed by atoms with Gasteiger partial charge in [0.1, 0.15) is 0 Å². The van der Waals surface area contributed by atoms with Crippen LogP contribution < -0.4 is 40.0 Å². The van der Waals surface area contributed by atoms with Gasteiger partial charge in [-0.3, -0.25) is 0 Å². The molecule has 3 rings (SSSR count). The second-order valence-corrected chi connectivity index (χ2v) is 7.69. The number of nitrogens with zero attached hydrogens (tertiary/aromatic N) is 2. The molecule has 0 aliphatic carbocycles. The van der Waals surface area contributed by atoms with Gasteiger partial charge in [0.05, 0.1) is 30.5 Å². The molecule has 1 heterocycles. The van der Waals surface area contributed by atoms with Crippen LogP contribution in [0.1, 0.15) is 36.2 Å². The van der Waals surface area contributed by atoms with Gasteiger partial charge in [-0.15, -0.1) is 0 Å². The zero-order valence-corrected chi connectivity index (χ0v) is 20.1.